The summed E-state index contributed by atoms with van der Waals surface area (Å²) in [4.78, 5) is 12.1. The second kappa shape index (κ2) is 8.09. The standard InChI is InChI=1S/C18H18F3NO4/c1-25-15-8-7-11(9-16(15)26-2)14(23)10-22-17(24)12-5-3-4-6-13(12)18(19,20)21/h3-9,14,23H,10H2,1-2H3,(H,22,24). The molecule has 0 aliphatic carbocycles. The lowest BCUT2D eigenvalue weighted by Crippen LogP contribution is -2.30. The summed E-state index contributed by atoms with van der Waals surface area (Å²) in [5, 5.41) is 12.5. The van der Waals surface area contributed by atoms with E-state index in [4.69, 9.17) is 9.47 Å². The van der Waals surface area contributed by atoms with Crippen LogP contribution >= 0.6 is 0 Å². The number of carbonyl (C=O) groups is 1. The fourth-order valence-corrected chi connectivity index (χ4v) is 2.39. The van der Waals surface area contributed by atoms with Gasteiger partial charge >= 0.3 is 6.18 Å². The molecule has 1 amide bonds. The van der Waals surface area contributed by atoms with Crippen LogP contribution in [0.3, 0.4) is 0 Å². The van der Waals surface area contributed by atoms with Gasteiger partial charge in [0, 0.05) is 6.54 Å². The molecule has 0 heterocycles. The first-order valence-corrected chi connectivity index (χ1v) is 7.62. The van der Waals surface area contributed by atoms with Gasteiger partial charge in [0.2, 0.25) is 0 Å². The number of halogens is 3. The molecular weight excluding hydrogens is 351 g/mol. The summed E-state index contributed by atoms with van der Waals surface area (Å²) in [6, 6.07) is 9.15. The van der Waals surface area contributed by atoms with E-state index in [-0.39, 0.29) is 6.54 Å². The van der Waals surface area contributed by atoms with Crippen LogP contribution in [-0.4, -0.2) is 31.8 Å². The number of aliphatic hydroxyl groups excluding tert-OH is 1. The molecule has 0 aliphatic rings. The first kappa shape index (κ1) is 19.6. The molecular formula is C18H18F3NO4. The van der Waals surface area contributed by atoms with Gasteiger partial charge in [-0.05, 0) is 29.8 Å². The maximum Gasteiger partial charge on any atom is 0.417 e. The molecule has 0 aromatic heterocycles. The van der Waals surface area contributed by atoms with E-state index >= 15 is 0 Å². The minimum atomic E-state index is -4.64. The monoisotopic (exact) mass is 369 g/mol. The quantitative estimate of drug-likeness (QED) is 0.821. The molecule has 2 rings (SSSR count). The molecule has 0 aliphatic heterocycles. The van der Waals surface area contributed by atoms with E-state index in [1.54, 1.807) is 12.1 Å². The summed E-state index contributed by atoms with van der Waals surface area (Å²) in [7, 11) is 2.90. The number of hydrogen-bond acceptors (Lipinski definition) is 4. The topological polar surface area (TPSA) is 67.8 Å². The van der Waals surface area contributed by atoms with Crippen molar-refractivity contribution in [2.24, 2.45) is 0 Å². The molecule has 0 bridgehead atoms. The van der Waals surface area contributed by atoms with E-state index in [2.05, 4.69) is 5.32 Å². The number of nitrogens with one attached hydrogen (secondary N) is 1. The maximum atomic E-state index is 13.0. The van der Waals surface area contributed by atoms with Crippen molar-refractivity contribution in [2.45, 2.75) is 12.3 Å². The highest BCUT2D eigenvalue weighted by Gasteiger charge is 2.34. The lowest BCUT2D eigenvalue weighted by Gasteiger charge is -2.16. The molecule has 0 fully saturated rings. The number of benzene rings is 2. The van der Waals surface area contributed by atoms with Crippen LogP contribution in [0.1, 0.15) is 27.6 Å². The fourth-order valence-electron chi connectivity index (χ4n) is 2.39. The molecule has 1 atom stereocenters. The van der Waals surface area contributed by atoms with E-state index in [9.17, 15) is 23.1 Å². The van der Waals surface area contributed by atoms with Crippen molar-refractivity contribution in [3.05, 3.63) is 59.2 Å². The summed E-state index contributed by atoms with van der Waals surface area (Å²) < 4.78 is 49.1. The Balaban J connectivity index is 2.11. The molecule has 26 heavy (non-hydrogen) atoms. The van der Waals surface area contributed by atoms with Crippen LogP contribution in [-0.2, 0) is 6.18 Å². The molecule has 2 aromatic carbocycles. The Morgan fingerprint density at radius 3 is 2.38 bits per heavy atom. The van der Waals surface area contributed by atoms with Gasteiger partial charge in [0.15, 0.2) is 11.5 Å². The Labute approximate surface area is 148 Å². The lowest BCUT2D eigenvalue weighted by atomic mass is 10.1. The third-order valence-corrected chi connectivity index (χ3v) is 3.73. The third-order valence-electron chi connectivity index (χ3n) is 3.73. The van der Waals surface area contributed by atoms with Gasteiger partial charge in [-0.3, -0.25) is 4.79 Å². The number of hydrogen-bond donors (Lipinski definition) is 2. The highest BCUT2D eigenvalue weighted by molar-refractivity contribution is 5.95. The van der Waals surface area contributed by atoms with Crippen LogP contribution in [0.2, 0.25) is 0 Å². The normalized spacial score (nSPS) is 12.4. The van der Waals surface area contributed by atoms with Gasteiger partial charge in [0.1, 0.15) is 0 Å². The SMILES string of the molecule is COc1ccc(C(O)CNC(=O)c2ccccc2C(F)(F)F)cc1OC. The van der Waals surface area contributed by atoms with Crippen molar-refractivity contribution in [1.29, 1.82) is 0 Å². The van der Waals surface area contributed by atoms with Crippen molar-refractivity contribution < 1.29 is 32.5 Å². The highest BCUT2D eigenvalue weighted by atomic mass is 19.4. The van der Waals surface area contributed by atoms with Crippen molar-refractivity contribution in [1.82, 2.24) is 5.32 Å². The van der Waals surface area contributed by atoms with Gasteiger partial charge in [-0.2, -0.15) is 13.2 Å². The summed E-state index contributed by atoms with van der Waals surface area (Å²) >= 11 is 0. The first-order chi connectivity index (χ1) is 12.3. The van der Waals surface area contributed by atoms with Crippen molar-refractivity contribution in [3.8, 4) is 11.5 Å². The number of ether oxygens (including phenoxy) is 2. The lowest BCUT2D eigenvalue weighted by molar-refractivity contribution is -0.137. The number of aliphatic hydroxyl groups is 1. The van der Waals surface area contributed by atoms with Gasteiger partial charge in [-0.25, -0.2) is 0 Å². The molecule has 0 spiro atoms. The Morgan fingerprint density at radius 1 is 1.12 bits per heavy atom. The molecule has 0 saturated carbocycles. The summed E-state index contributed by atoms with van der Waals surface area (Å²) in [6.45, 7) is -0.263. The van der Waals surface area contributed by atoms with Gasteiger partial charge < -0.3 is 19.9 Å². The Hall–Kier alpha value is -2.74. The molecule has 140 valence electrons. The van der Waals surface area contributed by atoms with E-state index in [1.165, 1.54) is 32.4 Å². The average molecular weight is 369 g/mol. The molecule has 1 unspecified atom stereocenters. The average Bonchev–Trinajstić information content (AvgIpc) is 2.64. The minimum Gasteiger partial charge on any atom is -0.493 e. The number of rotatable bonds is 6. The predicted molar refractivity (Wildman–Crippen MR) is 88.3 cm³/mol. The van der Waals surface area contributed by atoms with Crippen molar-refractivity contribution >= 4 is 5.91 Å². The summed E-state index contributed by atoms with van der Waals surface area (Å²) in [5.74, 6) is -0.0677. The van der Waals surface area contributed by atoms with E-state index in [0.29, 0.717) is 17.1 Å². The van der Waals surface area contributed by atoms with Crippen LogP contribution in [0.25, 0.3) is 0 Å². The zero-order chi connectivity index (χ0) is 19.3. The molecule has 8 heteroatoms. The number of carbonyl (C=O) groups excluding carboxylic acids is 1. The Bertz CT molecular complexity index is 777. The van der Waals surface area contributed by atoms with Crippen LogP contribution in [0.4, 0.5) is 13.2 Å². The van der Waals surface area contributed by atoms with Gasteiger partial charge in [-0.1, -0.05) is 18.2 Å². The first-order valence-electron chi connectivity index (χ1n) is 7.62. The zero-order valence-corrected chi connectivity index (χ0v) is 14.1. The maximum absolute atomic E-state index is 13.0. The Morgan fingerprint density at radius 2 is 1.77 bits per heavy atom. The highest BCUT2D eigenvalue weighted by Crippen LogP contribution is 2.32. The predicted octanol–water partition coefficient (Wildman–Crippen LogP) is 3.19. The zero-order valence-electron chi connectivity index (χ0n) is 14.1. The minimum absolute atomic E-state index is 0.263. The van der Waals surface area contributed by atoms with Crippen LogP contribution in [0.5, 0.6) is 11.5 Å². The smallest absolute Gasteiger partial charge is 0.417 e. The van der Waals surface area contributed by atoms with E-state index in [0.717, 1.165) is 12.1 Å². The van der Waals surface area contributed by atoms with Crippen molar-refractivity contribution in [3.63, 3.8) is 0 Å². The summed E-state index contributed by atoms with van der Waals surface area (Å²) in [5.41, 5.74) is -1.11. The second-order valence-electron chi connectivity index (χ2n) is 5.38. The van der Waals surface area contributed by atoms with E-state index < -0.39 is 29.3 Å². The van der Waals surface area contributed by atoms with Crippen LogP contribution < -0.4 is 14.8 Å². The second-order valence-corrected chi connectivity index (χ2v) is 5.38. The van der Waals surface area contributed by atoms with Crippen molar-refractivity contribution in [2.75, 3.05) is 20.8 Å². The van der Waals surface area contributed by atoms with Gasteiger partial charge in [-0.15, -0.1) is 0 Å². The number of alkyl halides is 3. The van der Waals surface area contributed by atoms with Gasteiger partial charge in [0.25, 0.3) is 5.91 Å². The van der Waals surface area contributed by atoms with Crippen LogP contribution in [0.15, 0.2) is 42.5 Å². The largest absolute Gasteiger partial charge is 0.493 e. The Kier molecular flexibility index (Phi) is 6.10. The van der Waals surface area contributed by atoms with Crippen LogP contribution in [0, 0.1) is 0 Å². The fraction of sp³-hybridized carbons (Fsp3) is 0.278. The molecule has 2 aromatic rings. The molecule has 0 saturated heterocycles. The number of amides is 1. The number of methoxy groups -OCH3 is 2. The molecule has 2 N–H and O–H groups in total. The van der Waals surface area contributed by atoms with Gasteiger partial charge in [0.05, 0.1) is 31.5 Å². The van der Waals surface area contributed by atoms with E-state index in [1.807, 2.05) is 0 Å². The molecule has 5 nitrogen and oxygen atoms in total. The third kappa shape index (κ3) is 4.45. The molecule has 0 radical (unpaired) electrons. The summed E-state index contributed by atoms with van der Waals surface area (Å²) in [6.07, 6.45) is -5.77.